The number of hydrogen-bond donors (Lipinski definition) is 3. The van der Waals surface area contributed by atoms with E-state index in [1.54, 1.807) is 16.9 Å². The summed E-state index contributed by atoms with van der Waals surface area (Å²) in [5.74, 6) is 1.16. The first kappa shape index (κ1) is 19.6. The Balaban J connectivity index is 1.39. The molecule has 162 valence electrons. The molecular weight excluding hydrogens is 406 g/mol. The van der Waals surface area contributed by atoms with Crippen molar-refractivity contribution in [3.8, 4) is 11.3 Å². The molecule has 0 unspecified atom stereocenters. The van der Waals surface area contributed by atoms with Gasteiger partial charge in [0.05, 0.1) is 17.2 Å². The lowest BCUT2D eigenvalue weighted by atomic mass is 9.93. The Labute approximate surface area is 176 Å². The largest absolute Gasteiger partial charge is 0.372 e. The second kappa shape index (κ2) is 8.06. The van der Waals surface area contributed by atoms with Gasteiger partial charge in [0, 0.05) is 37.2 Å². The molecule has 1 aliphatic carbocycles. The van der Waals surface area contributed by atoms with Crippen LogP contribution in [-0.2, 0) is 4.74 Å². The van der Waals surface area contributed by atoms with Crippen molar-refractivity contribution in [2.24, 2.45) is 0 Å². The van der Waals surface area contributed by atoms with Gasteiger partial charge in [-0.3, -0.25) is 0 Å². The molecule has 4 heterocycles. The number of nitrogens with one attached hydrogen (secondary N) is 3. The van der Waals surface area contributed by atoms with Crippen molar-refractivity contribution in [2.45, 2.75) is 44.4 Å². The smallest absolute Gasteiger partial charge is 0.345 e. The molecular formula is C20H22F2N8O. The van der Waals surface area contributed by atoms with Gasteiger partial charge in [-0.1, -0.05) is 0 Å². The third kappa shape index (κ3) is 3.88. The van der Waals surface area contributed by atoms with Gasteiger partial charge in [-0.05, 0) is 37.8 Å². The highest BCUT2D eigenvalue weighted by atomic mass is 19.3. The van der Waals surface area contributed by atoms with Gasteiger partial charge < -0.3 is 20.4 Å². The van der Waals surface area contributed by atoms with Crippen molar-refractivity contribution < 1.29 is 13.5 Å². The number of ether oxygens (including phenoxy) is 1. The fourth-order valence-electron chi connectivity index (χ4n) is 4.11. The summed E-state index contributed by atoms with van der Waals surface area (Å²) in [4.78, 5) is 16.7. The molecule has 1 fully saturated rings. The summed E-state index contributed by atoms with van der Waals surface area (Å²) >= 11 is 0. The maximum atomic E-state index is 12.4. The van der Waals surface area contributed by atoms with E-state index in [9.17, 15) is 8.78 Å². The van der Waals surface area contributed by atoms with E-state index in [1.165, 1.54) is 0 Å². The second-order valence-corrected chi connectivity index (χ2v) is 7.54. The summed E-state index contributed by atoms with van der Waals surface area (Å²) in [6.45, 7) is -2.72. The normalized spacial score (nSPS) is 19.4. The third-order valence-electron chi connectivity index (χ3n) is 5.60. The van der Waals surface area contributed by atoms with Gasteiger partial charge in [-0.15, -0.1) is 0 Å². The molecule has 0 amide bonds. The van der Waals surface area contributed by atoms with E-state index in [1.807, 2.05) is 25.4 Å². The number of alkyl halides is 2. The van der Waals surface area contributed by atoms with E-state index in [4.69, 9.17) is 0 Å². The SMILES string of the molecule is CNc1nc(N[C@H]2CC[C@H](OC(F)F)CC2)nc2[nH]cc(-c3ccc4nccn4n3)c12. The van der Waals surface area contributed by atoms with Crippen molar-refractivity contribution in [2.75, 3.05) is 17.7 Å². The number of aromatic amines is 1. The molecule has 3 N–H and O–H groups in total. The molecule has 4 aromatic heterocycles. The average Bonchev–Trinajstić information content (AvgIpc) is 3.40. The number of fused-ring (bicyclic) bond motifs is 2. The first-order valence-electron chi connectivity index (χ1n) is 10.2. The van der Waals surface area contributed by atoms with Crippen molar-refractivity contribution in [1.82, 2.24) is 29.5 Å². The van der Waals surface area contributed by atoms with Gasteiger partial charge in [0.2, 0.25) is 5.95 Å². The van der Waals surface area contributed by atoms with Crippen LogP contribution in [0.4, 0.5) is 20.5 Å². The molecule has 0 spiro atoms. The lowest BCUT2D eigenvalue weighted by molar-refractivity contribution is -0.169. The highest BCUT2D eigenvalue weighted by Crippen LogP contribution is 2.33. The van der Waals surface area contributed by atoms with Crippen LogP contribution in [0.5, 0.6) is 0 Å². The fourth-order valence-corrected chi connectivity index (χ4v) is 4.11. The summed E-state index contributed by atoms with van der Waals surface area (Å²) < 4.78 is 31.2. The van der Waals surface area contributed by atoms with Crippen LogP contribution in [-0.4, -0.2) is 55.4 Å². The summed E-state index contributed by atoms with van der Waals surface area (Å²) in [5, 5.41) is 11.9. The lowest BCUT2D eigenvalue weighted by Gasteiger charge is -2.28. The van der Waals surface area contributed by atoms with Gasteiger partial charge >= 0.3 is 6.61 Å². The van der Waals surface area contributed by atoms with Gasteiger partial charge in [-0.25, -0.2) is 9.50 Å². The zero-order valence-electron chi connectivity index (χ0n) is 16.8. The monoisotopic (exact) mass is 428 g/mol. The highest BCUT2D eigenvalue weighted by molar-refractivity contribution is 6.00. The van der Waals surface area contributed by atoms with E-state index in [-0.39, 0.29) is 12.1 Å². The first-order valence-corrected chi connectivity index (χ1v) is 10.2. The van der Waals surface area contributed by atoms with Gasteiger partial charge in [0.1, 0.15) is 11.5 Å². The topological polar surface area (TPSA) is 105 Å². The van der Waals surface area contributed by atoms with E-state index < -0.39 is 6.61 Å². The van der Waals surface area contributed by atoms with Gasteiger partial charge in [-0.2, -0.15) is 23.8 Å². The number of halogens is 2. The van der Waals surface area contributed by atoms with E-state index in [0.29, 0.717) is 30.3 Å². The van der Waals surface area contributed by atoms with Crippen molar-refractivity contribution in [3.05, 3.63) is 30.7 Å². The quantitative estimate of drug-likeness (QED) is 0.430. The van der Waals surface area contributed by atoms with E-state index in [2.05, 4.69) is 40.4 Å². The fraction of sp³-hybridized carbons (Fsp3) is 0.400. The zero-order valence-corrected chi connectivity index (χ0v) is 16.8. The van der Waals surface area contributed by atoms with Crippen LogP contribution < -0.4 is 10.6 Å². The second-order valence-electron chi connectivity index (χ2n) is 7.54. The number of H-pyrrole nitrogens is 1. The van der Waals surface area contributed by atoms with E-state index >= 15 is 0 Å². The van der Waals surface area contributed by atoms with Crippen molar-refractivity contribution in [1.29, 1.82) is 0 Å². The minimum atomic E-state index is -2.72. The van der Waals surface area contributed by atoms with Crippen LogP contribution in [0.15, 0.2) is 30.7 Å². The number of anilines is 2. The molecule has 1 saturated carbocycles. The Morgan fingerprint density at radius 2 is 2.03 bits per heavy atom. The number of rotatable bonds is 6. The molecule has 0 aromatic carbocycles. The molecule has 0 atom stereocenters. The number of imidazole rings is 1. The Kier molecular flexibility index (Phi) is 5.10. The molecule has 1 aliphatic rings. The Hall–Kier alpha value is -3.34. The van der Waals surface area contributed by atoms with Crippen molar-refractivity contribution in [3.63, 3.8) is 0 Å². The van der Waals surface area contributed by atoms with Gasteiger partial charge in [0.15, 0.2) is 5.65 Å². The van der Waals surface area contributed by atoms with Crippen LogP contribution >= 0.6 is 0 Å². The minimum absolute atomic E-state index is 0.111. The zero-order chi connectivity index (χ0) is 21.4. The third-order valence-corrected chi connectivity index (χ3v) is 5.60. The van der Waals surface area contributed by atoms with E-state index in [0.717, 1.165) is 35.1 Å². The molecule has 31 heavy (non-hydrogen) atoms. The van der Waals surface area contributed by atoms with Crippen LogP contribution in [0.3, 0.4) is 0 Å². The molecule has 0 bridgehead atoms. The molecule has 0 aliphatic heterocycles. The van der Waals surface area contributed by atoms with Crippen LogP contribution in [0.25, 0.3) is 27.9 Å². The first-order chi connectivity index (χ1) is 15.1. The Morgan fingerprint density at radius 1 is 1.19 bits per heavy atom. The van der Waals surface area contributed by atoms with Crippen LogP contribution in [0, 0.1) is 0 Å². The van der Waals surface area contributed by atoms with Crippen molar-refractivity contribution >= 4 is 28.4 Å². The van der Waals surface area contributed by atoms with Gasteiger partial charge in [0.25, 0.3) is 0 Å². The highest BCUT2D eigenvalue weighted by Gasteiger charge is 2.25. The number of nitrogens with zero attached hydrogens (tertiary/aromatic N) is 5. The Bertz CT molecular complexity index is 1200. The molecule has 9 nitrogen and oxygen atoms in total. The van der Waals surface area contributed by atoms with Crippen LogP contribution in [0.1, 0.15) is 25.7 Å². The maximum absolute atomic E-state index is 12.4. The molecule has 4 aromatic rings. The minimum Gasteiger partial charge on any atom is -0.372 e. The Morgan fingerprint density at radius 3 is 2.81 bits per heavy atom. The molecule has 0 saturated heterocycles. The molecule has 0 radical (unpaired) electrons. The molecule has 5 rings (SSSR count). The number of aromatic nitrogens is 6. The maximum Gasteiger partial charge on any atom is 0.345 e. The summed E-state index contributed by atoms with van der Waals surface area (Å²) in [5.41, 5.74) is 3.11. The number of hydrogen-bond acceptors (Lipinski definition) is 7. The predicted octanol–water partition coefficient (Wildman–Crippen LogP) is 3.67. The van der Waals surface area contributed by atoms with Crippen LogP contribution in [0.2, 0.25) is 0 Å². The summed E-state index contributed by atoms with van der Waals surface area (Å²) in [6, 6.07) is 3.93. The summed E-state index contributed by atoms with van der Waals surface area (Å²) in [6.07, 6.45) is 7.58. The predicted molar refractivity (Wildman–Crippen MR) is 112 cm³/mol. The standard InChI is InChI=1S/C20H22F2N8O/c1-23-17-16-13(14-6-7-15-24-8-9-30(15)29-14)10-25-18(16)28-20(27-17)26-11-2-4-12(5-3-11)31-19(21)22/h6-12,19H,2-5H2,1H3,(H3,23,25,26,27,28)/t11-,12-. The molecule has 11 heteroatoms. The lowest BCUT2D eigenvalue weighted by Crippen LogP contribution is -2.31. The average molecular weight is 428 g/mol. The summed E-state index contributed by atoms with van der Waals surface area (Å²) in [7, 11) is 1.81.